The van der Waals surface area contributed by atoms with E-state index in [1.165, 1.54) is 19.2 Å². The van der Waals surface area contributed by atoms with Crippen molar-refractivity contribution < 1.29 is 13.5 Å². The van der Waals surface area contributed by atoms with Crippen molar-refractivity contribution in [3.63, 3.8) is 0 Å². The summed E-state index contributed by atoms with van der Waals surface area (Å²) in [5, 5.41) is 3.13. The molecule has 1 heterocycles. The van der Waals surface area contributed by atoms with Gasteiger partial charge >= 0.3 is 0 Å². The number of nitrogens with one attached hydrogen (secondary N) is 1. The van der Waals surface area contributed by atoms with E-state index in [9.17, 15) is 8.78 Å². The third kappa shape index (κ3) is 2.02. The molecule has 0 aliphatic carbocycles. The molecule has 1 N–H and O–H groups in total. The number of hydrogen-bond donors (Lipinski definition) is 1. The summed E-state index contributed by atoms with van der Waals surface area (Å²) in [5.74, 6) is -0.983. The van der Waals surface area contributed by atoms with Crippen LogP contribution in [0.5, 0.6) is 5.75 Å². The normalized spacial score (nSPS) is 20.8. The Morgan fingerprint density at radius 2 is 2.12 bits per heavy atom. The van der Waals surface area contributed by atoms with Crippen LogP contribution >= 0.6 is 0 Å². The van der Waals surface area contributed by atoms with Gasteiger partial charge in [-0.2, -0.15) is 0 Å². The van der Waals surface area contributed by atoms with E-state index >= 15 is 0 Å². The van der Waals surface area contributed by atoms with E-state index in [0.717, 1.165) is 25.8 Å². The summed E-state index contributed by atoms with van der Waals surface area (Å²) in [4.78, 5) is 0. The highest BCUT2D eigenvalue weighted by atomic mass is 19.1. The smallest absolute Gasteiger partial charge is 0.172 e. The molecule has 0 radical (unpaired) electrons. The molecule has 0 aromatic heterocycles. The van der Waals surface area contributed by atoms with Gasteiger partial charge in [0.25, 0.3) is 0 Å². The first kappa shape index (κ1) is 11.3. The number of hydrogen-bond acceptors (Lipinski definition) is 2. The predicted octanol–water partition coefficient (Wildman–Crippen LogP) is 2.79. The summed E-state index contributed by atoms with van der Waals surface area (Å²) in [7, 11) is 1.38. The molecule has 88 valence electrons. The standard InChI is InChI=1S/C12H15F2NO/c1-16-10-6-5-8(13)11(12(10)14)9-4-2-3-7-15-9/h5-6,9,15H,2-4,7H2,1H3/t9-/m0/s1. The minimum atomic E-state index is -0.582. The lowest BCUT2D eigenvalue weighted by atomic mass is 9.96. The fourth-order valence-electron chi connectivity index (χ4n) is 2.12. The molecule has 4 heteroatoms. The maximum absolute atomic E-state index is 13.9. The molecule has 0 bridgehead atoms. The molecule has 2 nitrogen and oxygen atoms in total. The number of methoxy groups -OCH3 is 1. The Balaban J connectivity index is 2.37. The van der Waals surface area contributed by atoms with Gasteiger partial charge in [-0.3, -0.25) is 0 Å². The molecule has 0 saturated carbocycles. The molecule has 1 fully saturated rings. The average Bonchev–Trinajstić information content (AvgIpc) is 2.31. The number of piperidine rings is 1. The summed E-state index contributed by atoms with van der Waals surface area (Å²) in [6.45, 7) is 0.806. The molecule has 2 rings (SSSR count). The van der Waals surface area contributed by atoms with Crippen LogP contribution in [-0.2, 0) is 0 Å². The highest BCUT2D eigenvalue weighted by molar-refractivity contribution is 5.34. The molecular formula is C12H15F2NO. The predicted molar refractivity (Wildman–Crippen MR) is 57.5 cm³/mol. The Morgan fingerprint density at radius 3 is 2.75 bits per heavy atom. The molecule has 0 amide bonds. The van der Waals surface area contributed by atoms with Gasteiger partial charge in [0.2, 0.25) is 0 Å². The van der Waals surface area contributed by atoms with Gasteiger partial charge in [-0.15, -0.1) is 0 Å². The van der Waals surface area contributed by atoms with Crippen molar-refractivity contribution in [3.8, 4) is 5.75 Å². The van der Waals surface area contributed by atoms with Crippen LogP contribution in [0.15, 0.2) is 12.1 Å². The van der Waals surface area contributed by atoms with Gasteiger partial charge in [0, 0.05) is 11.6 Å². The minimum Gasteiger partial charge on any atom is -0.494 e. The molecule has 0 spiro atoms. The van der Waals surface area contributed by atoms with Crippen LogP contribution in [-0.4, -0.2) is 13.7 Å². The molecule has 1 aromatic carbocycles. The van der Waals surface area contributed by atoms with Crippen LogP contribution in [0.1, 0.15) is 30.9 Å². The molecule has 1 aromatic rings. The first-order valence-electron chi connectivity index (χ1n) is 5.49. The van der Waals surface area contributed by atoms with E-state index in [4.69, 9.17) is 4.74 Å². The SMILES string of the molecule is COc1ccc(F)c([C@@H]2CCCCN2)c1F. The molecule has 1 aliphatic rings. The van der Waals surface area contributed by atoms with Crippen molar-refractivity contribution in [2.75, 3.05) is 13.7 Å². The zero-order valence-electron chi connectivity index (χ0n) is 9.22. The maximum Gasteiger partial charge on any atom is 0.172 e. The second kappa shape index (κ2) is 4.78. The Bertz CT molecular complexity index is 376. The third-order valence-electron chi connectivity index (χ3n) is 2.97. The third-order valence-corrected chi connectivity index (χ3v) is 2.97. The van der Waals surface area contributed by atoms with Crippen molar-refractivity contribution in [1.82, 2.24) is 5.32 Å². The van der Waals surface area contributed by atoms with Crippen LogP contribution in [0.3, 0.4) is 0 Å². The molecule has 0 unspecified atom stereocenters. The van der Waals surface area contributed by atoms with E-state index in [1.807, 2.05) is 0 Å². The Hall–Kier alpha value is -1.16. The van der Waals surface area contributed by atoms with Gasteiger partial charge < -0.3 is 10.1 Å². The highest BCUT2D eigenvalue weighted by Gasteiger charge is 2.24. The zero-order valence-corrected chi connectivity index (χ0v) is 9.22. The maximum atomic E-state index is 13.9. The highest BCUT2D eigenvalue weighted by Crippen LogP contribution is 2.31. The molecular weight excluding hydrogens is 212 g/mol. The first-order chi connectivity index (χ1) is 7.74. The Morgan fingerprint density at radius 1 is 1.31 bits per heavy atom. The van der Waals surface area contributed by atoms with Gasteiger partial charge in [0.05, 0.1) is 7.11 Å². The second-order valence-corrected chi connectivity index (χ2v) is 3.98. The Kier molecular flexibility index (Phi) is 3.39. The van der Waals surface area contributed by atoms with Gasteiger partial charge in [-0.25, -0.2) is 8.78 Å². The number of halogens is 2. The van der Waals surface area contributed by atoms with E-state index in [-0.39, 0.29) is 17.4 Å². The van der Waals surface area contributed by atoms with Gasteiger partial charge in [-0.05, 0) is 31.5 Å². The van der Waals surface area contributed by atoms with Crippen molar-refractivity contribution in [1.29, 1.82) is 0 Å². The minimum absolute atomic E-state index is 0.101. The molecule has 1 atom stereocenters. The van der Waals surface area contributed by atoms with E-state index in [0.29, 0.717) is 0 Å². The fraction of sp³-hybridized carbons (Fsp3) is 0.500. The summed E-state index contributed by atoms with van der Waals surface area (Å²) in [6, 6.07) is 2.34. The Labute approximate surface area is 93.6 Å². The number of rotatable bonds is 2. The average molecular weight is 227 g/mol. The summed E-state index contributed by atoms with van der Waals surface area (Å²) < 4.78 is 32.4. The van der Waals surface area contributed by atoms with E-state index in [2.05, 4.69) is 5.32 Å². The van der Waals surface area contributed by atoms with Crippen molar-refractivity contribution in [2.24, 2.45) is 0 Å². The van der Waals surface area contributed by atoms with Crippen molar-refractivity contribution in [2.45, 2.75) is 25.3 Å². The van der Waals surface area contributed by atoms with Gasteiger partial charge in [0.15, 0.2) is 11.6 Å². The summed E-state index contributed by atoms with van der Waals surface area (Å²) in [5.41, 5.74) is 0.110. The molecule has 16 heavy (non-hydrogen) atoms. The monoisotopic (exact) mass is 227 g/mol. The lowest BCUT2D eigenvalue weighted by Crippen LogP contribution is -2.28. The van der Waals surface area contributed by atoms with E-state index < -0.39 is 11.6 Å². The number of benzene rings is 1. The molecule has 1 saturated heterocycles. The van der Waals surface area contributed by atoms with Crippen molar-refractivity contribution in [3.05, 3.63) is 29.3 Å². The fourth-order valence-corrected chi connectivity index (χ4v) is 2.12. The summed E-state index contributed by atoms with van der Waals surface area (Å²) in [6.07, 6.45) is 2.82. The topological polar surface area (TPSA) is 21.3 Å². The zero-order chi connectivity index (χ0) is 11.5. The van der Waals surface area contributed by atoms with Crippen molar-refractivity contribution >= 4 is 0 Å². The second-order valence-electron chi connectivity index (χ2n) is 3.98. The van der Waals surface area contributed by atoms with Crippen LogP contribution in [0.25, 0.3) is 0 Å². The van der Waals surface area contributed by atoms with Gasteiger partial charge in [-0.1, -0.05) is 6.42 Å². The van der Waals surface area contributed by atoms with Gasteiger partial charge in [0.1, 0.15) is 5.82 Å². The van der Waals surface area contributed by atoms with Crippen LogP contribution in [0.4, 0.5) is 8.78 Å². The van der Waals surface area contributed by atoms with Crippen LogP contribution < -0.4 is 10.1 Å². The van der Waals surface area contributed by atoms with E-state index in [1.54, 1.807) is 0 Å². The number of ether oxygens (including phenoxy) is 1. The lowest BCUT2D eigenvalue weighted by Gasteiger charge is -2.25. The quantitative estimate of drug-likeness (QED) is 0.838. The van der Waals surface area contributed by atoms with Crippen LogP contribution in [0.2, 0.25) is 0 Å². The largest absolute Gasteiger partial charge is 0.494 e. The first-order valence-corrected chi connectivity index (χ1v) is 5.49. The molecule has 1 aliphatic heterocycles. The lowest BCUT2D eigenvalue weighted by molar-refractivity contribution is 0.356. The summed E-state index contributed by atoms with van der Waals surface area (Å²) >= 11 is 0. The van der Waals surface area contributed by atoms with Crippen LogP contribution in [0, 0.1) is 11.6 Å².